The fourth-order valence-corrected chi connectivity index (χ4v) is 2.68. The SMILES string of the molecule is OC[C@@H](NCc1c(Cl)oc2ccccc12)c1ccccc1. The van der Waals surface area contributed by atoms with Crippen molar-refractivity contribution >= 4 is 22.6 Å². The van der Waals surface area contributed by atoms with E-state index in [1.54, 1.807) is 0 Å². The molecular formula is C17H16ClNO2. The number of aliphatic hydroxyl groups is 1. The zero-order valence-corrected chi connectivity index (χ0v) is 12.2. The Bertz CT molecular complexity index is 724. The predicted octanol–water partition coefficient (Wildman–Crippen LogP) is 3.91. The molecule has 3 aromatic rings. The van der Waals surface area contributed by atoms with Gasteiger partial charge in [0, 0.05) is 17.5 Å². The lowest BCUT2D eigenvalue weighted by Gasteiger charge is -2.16. The van der Waals surface area contributed by atoms with Crippen LogP contribution in [0.1, 0.15) is 17.2 Å². The molecule has 1 heterocycles. The van der Waals surface area contributed by atoms with Crippen molar-refractivity contribution in [2.75, 3.05) is 6.61 Å². The number of para-hydroxylation sites is 1. The van der Waals surface area contributed by atoms with Crippen LogP contribution in [-0.2, 0) is 6.54 Å². The van der Waals surface area contributed by atoms with E-state index in [-0.39, 0.29) is 12.6 Å². The zero-order valence-electron chi connectivity index (χ0n) is 11.4. The molecule has 108 valence electrons. The molecule has 3 nitrogen and oxygen atoms in total. The second-order valence-corrected chi connectivity index (χ2v) is 5.22. The minimum Gasteiger partial charge on any atom is -0.444 e. The Morgan fingerprint density at radius 3 is 2.52 bits per heavy atom. The topological polar surface area (TPSA) is 45.4 Å². The largest absolute Gasteiger partial charge is 0.444 e. The average molecular weight is 302 g/mol. The van der Waals surface area contributed by atoms with Crippen molar-refractivity contribution in [2.45, 2.75) is 12.6 Å². The maximum atomic E-state index is 9.57. The fraction of sp³-hybridized carbons (Fsp3) is 0.176. The molecule has 0 bridgehead atoms. The van der Waals surface area contributed by atoms with Crippen molar-refractivity contribution in [2.24, 2.45) is 0 Å². The zero-order chi connectivity index (χ0) is 14.7. The van der Waals surface area contributed by atoms with E-state index >= 15 is 0 Å². The molecule has 0 aliphatic heterocycles. The third-order valence-electron chi connectivity index (χ3n) is 3.56. The summed E-state index contributed by atoms with van der Waals surface area (Å²) in [5, 5.41) is 14.3. The first-order chi connectivity index (χ1) is 10.3. The molecule has 2 aromatic carbocycles. The first kappa shape index (κ1) is 14.1. The normalized spacial score (nSPS) is 12.7. The third-order valence-corrected chi connectivity index (χ3v) is 3.86. The maximum absolute atomic E-state index is 9.57. The number of hydrogen-bond donors (Lipinski definition) is 2. The van der Waals surface area contributed by atoms with Crippen LogP contribution < -0.4 is 5.32 Å². The first-order valence-electron chi connectivity index (χ1n) is 6.84. The molecule has 0 saturated carbocycles. The fourth-order valence-electron chi connectivity index (χ4n) is 2.43. The van der Waals surface area contributed by atoms with Crippen LogP contribution in [0.5, 0.6) is 0 Å². The lowest BCUT2D eigenvalue weighted by molar-refractivity contribution is 0.243. The number of hydrogen-bond acceptors (Lipinski definition) is 3. The molecule has 0 fully saturated rings. The van der Waals surface area contributed by atoms with Gasteiger partial charge in [-0.05, 0) is 23.2 Å². The molecule has 0 unspecified atom stereocenters. The monoisotopic (exact) mass is 301 g/mol. The van der Waals surface area contributed by atoms with Gasteiger partial charge in [-0.15, -0.1) is 0 Å². The summed E-state index contributed by atoms with van der Waals surface area (Å²) in [6.45, 7) is 0.563. The molecule has 0 amide bonds. The van der Waals surface area contributed by atoms with Gasteiger partial charge >= 0.3 is 0 Å². The van der Waals surface area contributed by atoms with Crippen molar-refractivity contribution < 1.29 is 9.52 Å². The summed E-state index contributed by atoms with van der Waals surface area (Å²) >= 11 is 6.17. The van der Waals surface area contributed by atoms with Crippen LogP contribution in [0.3, 0.4) is 0 Å². The van der Waals surface area contributed by atoms with Crippen molar-refractivity contribution in [1.82, 2.24) is 5.32 Å². The number of nitrogens with one attached hydrogen (secondary N) is 1. The lowest BCUT2D eigenvalue weighted by Crippen LogP contribution is -2.23. The molecule has 2 N–H and O–H groups in total. The Labute approximate surface area is 128 Å². The Kier molecular flexibility index (Phi) is 4.25. The Morgan fingerprint density at radius 2 is 1.76 bits per heavy atom. The van der Waals surface area contributed by atoms with Crippen molar-refractivity contribution in [3.8, 4) is 0 Å². The van der Waals surface area contributed by atoms with Crippen LogP contribution in [0.2, 0.25) is 5.22 Å². The second kappa shape index (κ2) is 6.31. The minimum atomic E-state index is -0.129. The molecule has 1 atom stereocenters. The summed E-state index contributed by atoms with van der Waals surface area (Å²) < 4.78 is 5.53. The molecule has 0 spiro atoms. The molecule has 0 radical (unpaired) electrons. The molecular weight excluding hydrogens is 286 g/mol. The highest BCUT2D eigenvalue weighted by Gasteiger charge is 2.15. The molecule has 0 aliphatic carbocycles. The van der Waals surface area contributed by atoms with E-state index < -0.39 is 0 Å². The molecule has 21 heavy (non-hydrogen) atoms. The molecule has 0 saturated heterocycles. The van der Waals surface area contributed by atoms with Crippen molar-refractivity contribution in [1.29, 1.82) is 0 Å². The second-order valence-electron chi connectivity index (χ2n) is 4.88. The van der Waals surface area contributed by atoms with Gasteiger partial charge in [-0.3, -0.25) is 0 Å². The van der Waals surface area contributed by atoms with Gasteiger partial charge in [0.15, 0.2) is 5.22 Å². The van der Waals surface area contributed by atoms with E-state index in [2.05, 4.69) is 5.32 Å². The third kappa shape index (κ3) is 2.95. The van der Waals surface area contributed by atoms with Crippen LogP contribution in [0.15, 0.2) is 59.0 Å². The van der Waals surface area contributed by atoms with E-state index in [0.29, 0.717) is 11.8 Å². The van der Waals surface area contributed by atoms with E-state index in [9.17, 15) is 5.11 Å². The number of benzene rings is 2. The van der Waals surface area contributed by atoms with Crippen molar-refractivity contribution in [3.05, 3.63) is 70.9 Å². The highest BCUT2D eigenvalue weighted by atomic mass is 35.5. The maximum Gasteiger partial charge on any atom is 0.199 e. The van der Waals surface area contributed by atoms with Crippen LogP contribution in [0, 0.1) is 0 Å². The Morgan fingerprint density at radius 1 is 1.05 bits per heavy atom. The summed E-state index contributed by atoms with van der Waals surface area (Å²) in [6, 6.07) is 17.5. The first-order valence-corrected chi connectivity index (χ1v) is 7.22. The van der Waals surface area contributed by atoms with Gasteiger partial charge in [0.05, 0.1) is 12.6 Å². The molecule has 1 aromatic heterocycles. The van der Waals surface area contributed by atoms with Gasteiger partial charge in [0.25, 0.3) is 0 Å². The highest BCUT2D eigenvalue weighted by molar-refractivity contribution is 6.30. The molecule has 4 heteroatoms. The van der Waals surface area contributed by atoms with E-state index in [1.807, 2.05) is 54.6 Å². The summed E-state index contributed by atoms with van der Waals surface area (Å²) in [5.74, 6) is 0. The standard InChI is InChI=1S/C17H16ClNO2/c18-17-14(13-8-4-5-9-16(13)21-17)10-19-15(11-20)12-6-2-1-3-7-12/h1-9,15,19-20H,10-11H2/t15-/m1/s1. The average Bonchev–Trinajstić information content (AvgIpc) is 2.85. The summed E-state index contributed by atoms with van der Waals surface area (Å²) in [4.78, 5) is 0. The number of aliphatic hydroxyl groups excluding tert-OH is 1. The van der Waals surface area contributed by atoms with E-state index in [1.165, 1.54) is 0 Å². The van der Waals surface area contributed by atoms with Gasteiger partial charge < -0.3 is 14.8 Å². The predicted molar refractivity (Wildman–Crippen MR) is 84.3 cm³/mol. The van der Waals surface area contributed by atoms with Gasteiger partial charge in [0.1, 0.15) is 5.58 Å². The van der Waals surface area contributed by atoms with Gasteiger partial charge in [-0.2, -0.15) is 0 Å². The van der Waals surface area contributed by atoms with Gasteiger partial charge in [-0.1, -0.05) is 48.5 Å². The lowest BCUT2D eigenvalue weighted by atomic mass is 10.1. The van der Waals surface area contributed by atoms with E-state index in [4.69, 9.17) is 16.0 Å². The van der Waals surface area contributed by atoms with Crippen LogP contribution in [0.25, 0.3) is 11.0 Å². The summed E-state index contributed by atoms with van der Waals surface area (Å²) in [5.41, 5.74) is 2.74. The van der Waals surface area contributed by atoms with Crippen molar-refractivity contribution in [3.63, 3.8) is 0 Å². The van der Waals surface area contributed by atoms with E-state index in [0.717, 1.165) is 22.1 Å². The minimum absolute atomic E-state index is 0.0252. The summed E-state index contributed by atoms with van der Waals surface area (Å²) in [7, 11) is 0. The van der Waals surface area contributed by atoms with Gasteiger partial charge in [-0.25, -0.2) is 0 Å². The molecule has 0 aliphatic rings. The smallest absolute Gasteiger partial charge is 0.199 e. The number of fused-ring (bicyclic) bond motifs is 1. The quantitative estimate of drug-likeness (QED) is 0.751. The summed E-state index contributed by atoms with van der Waals surface area (Å²) in [6.07, 6.45) is 0. The Balaban J connectivity index is 1.81. The highest BCUT2D eigenvalue weighted by Crippen LogP contribution is 2.29. The van der Waals surface area contributed by atoms with Crippen LogP contribution in [-0.4, -0.2) is 11.7 Å². The Hall–Kier alpha value is -1.81. The number of halogens is 1. The molecule has 3 rings (SSSR count). The number of furan rings is 1. The van der Waals surface area contributed by atoms with Crippen LogP contribution in [0.4, 0.5) is 0 Å². The number of rotatable bonds is 5. The van der Waals surface area contributed by atoms with Gasteiger partial charge in [0.2, 0.25) is 0 Å². The van der Waals surface area contributed by atoms with Crippen LogP contribution >= 0.6 is 11.6 Å².